The van der Waals surface area contributed by atoms with E-state index >= 15 is 0 Å². The summed E-state index contributed by atoms with van der Waals surface area (Å²) < 4.78 is 24.6. The van der Waals surface area contributed by atoms with Gasteiger partial charge in [0.15, 0.2) is 11.5 Å². The van der Waals surface area contributed by atoms with Crippen molar-refractivity contribution >= 4 is 27.9 Å². The Labute approximate surface area is 157 Å². The monoisotopic (exact) mass is 414 g/mol. The first kappa shape index (κ1) is 17.8. The van der Waals surface area contributed by atoms with Crippen molar-refractivity contribution in [1.82, 2.24) is 0 Å². The lowest BCUT2D eigenvalue weighted by Crippen LogP contribution is -2.12. The molecular formula is C20H12BrFO4. The van der Waals surface area contributed by atoms with Gasteiger partial charge in [-0.2, -0.15) is 0 Å². The molecule has 0 fully saturated rings. The molecule has 6 heteroatoms. The minimum Gasteiger partial charge on any atom is -0.419 e. The van der Waals surface area contributed by atoms with Gasteiger partial charge in [0.1, 0.15) is 5.82 Å². The van der Waals surface area contributed by atoms with Crippen LogP contribution in [-0.2, 0) is 0 Å². The fourth-order valence-corrected chi connectivity index (χ4v) is 2.57. The minimum atomic E-state index is -0.754. The van der Waals surface area contributed by atoms with Crippen molar-refractivity contribution in [1.29, 1.82) is 0 Å². The molecule has 130 valence electrons. The zero-order valence-corrected chi connectivity index (χ0v) is 14.9. The van der Waals surface area contributed by atoms with Crippen molar-refractivity contribution in [2.24, 2.45) is 0 Å². The second-order valence-corrected chi connectivity index (χ2v) is 6.16. The highest BCUT2D eigenvalue weighted by atomic mass is 79.9. The average Bonchev–Trinajstić information content (AvgIpc) is 2.63. The second-order valence-electron chi connectivity index (χ2n) is 5.25. The molecule has 0 spiro atoms. The molecule has 3 rings (SSSR count). The molecule has 0 saturated carbocycles. The second kappa shape index (κ2) is 7.93. The van der Waals surface area contributed by atoms with Gasteiger partial charge >= 0.3 is 11.9 Å². The number of carbonyl (C=O) groups excluding carboxylic acids is 2. The van der Waals surface area contributed by atoms with Crippen LogP contribution in [0.4, 0.5) is 4.39 Å². The Balaban J connectivity index is 1.80. The molecule has 3 aromatic carbocycles. The number of para-hydroxylation sites is 2. The molecule has 0 bridgehead atoms. The van der Waals surface area contributed by atoms with E-state index in [9.17, 15) is 14.0 Å². The first-order valence-electron chi connectivity index (χ1n) is 7.57. The van der Waals surface area contributed by atoms with Crippen LogP contribution in [-0.4, -0.2) is 11.9 Å². The normalized spacial score (nSPS) is 10.2. The SMILES string of the molecule is O=C(Oc1ccccc1OC(=O)c1cccc(Br)c1)c1cccc(F)c1. The summed E-state index contributed by atoms with van der Waals surface area (Å²) in [5, 5.41) is 0. The quantitative estimate of drug-likeness (QED) is 0.443. The smallest absolute Gasteiger partial charge is 0.343 e. The number of halogens is 2. The average molecular weight is 415 g/mol. The largest absolute Gasteiger partial charge is 0.419 e. The van der Waals surface area contributed by atoms with Crippen LogP contribution in [0.3, 0.4) is 0 Å². The first-order chi connectivity index (χ1) is 12.5. The van der Waals surface area contributed by atoms with E-state index in [4.69, 9.17) is 9.47 Å². The number of rotatable bonds is 4. The van der Waals surface area contributed by atoms with Gasteiger partial charge in [-0.3, -0.25) is 0 Å². The lowest BCUT2D eigenvalue weighted by Gasteiger charge is -2.10. The van der Waals surface area contributed by atoms with Crippen molar-refractivity contribution in [3.8, 4) is 11.5 Å². The zero-order valence-electron chi connectivity index (χ0n) is 13.3. The molecule has 0 N–H and O–H groups in total. The summed E-state index contributed by atoms with van der Waals surface area (Å²) in [4.78, 5) is 24.5. The van der Waals surface area contributed by atoms with Crippen LogP contribution in [0.5, 0.6) is 11.5 Å². The van der Waals surface area contributed by atoms with Crippen LogP contribution in [0.1, 0.15) is 20.7 Å². The number of hydrogen-bond acceptors (Lipinski definition) is 4. The highest BCUT2D eigenvalue weighted by molar-refractivity contribution is 9.10. The molecule has 3 aromatic rings. The van der Waals surface area contributed by atoms with E-state index in [1.54, 1.807) is 36.4 Å². The summed E-state index contributed by atoms with van der Waals surface area (Å²) in [5.74, 6) is -1.75. The lowest BCUT2D eigenvalue weighted by atomic mass is 10.2. The number of carbonyl (C=O) groups is 2. The third-order valence-corrected chi connectivity index (χ3v) is 3.87. The van der Waals surface area contributed by atoms with E-state index in [2.05, 4.69) is 15.9 Å². The van der Waals surface area contributed by atoms with Gasteiger partial charge in [0.05, 0.1) is 11.1 Å². The van der Waals surface area contributed by atoms with Crippen LogP contribution in [0.2, 0.25) is 0 Å². The molecule has 0 aliphatic rings. The van der Waals surface area contributed by atoms with Gasteiger partial charge < -0.3 is 9.47 Å². The Morgan fingerprint density at radius 1 is 0.731 bits per heavy atom. The van der Waals surface area contributed by atoms with E-state index in [1.165, 1.54) is 30.3 Å². The van der Waals surface area contributed by atoms with Crippen LogP contribution >= 0.6 is 15.9 Å². The Hall–Kier alpha value is -2.99. The van der Waals surface area contributed by atoms with E-state index in [0.29, 0.717) is 5.56 Å². The highest BCUT2D eigenvalue weighted by Crippen LogP contribution is 2.28. The van der Waals surface area contributed by atoms with Crippen molar-refractivity contribution in [2.45, 2.75) is 0 Å². The Bertz CT molecular complexity index is 893. The predicted octanol–water partition coefficient (Wildman–Crippen LogP) is 5.03. The van der Waals surface area contributed by atoms with Gasteiger partial charge in [-0.15, -0.1) is 0 Å². The highest BCUT2D eigenvalue weighted by Gasteiger charge is 2.16. The summed E-state index contributed by atoms with van der Waals surface area (Å²) in [6.07, 6.45) is 0. The fourth-order valence-electron chi connectivity index (χ4n) is 2.17. The van der Waals surface area contributed by atoms with Crippen LogP contribution in [0.25, 0.3) is 0 Å². The maximum atomic E-state index is 13.3. The Morgan fingerprint density at radius 2 is 1.27 bits per heavy atom. The molecule has 0 aliphatic carbocycles. The molecule has 0 unspecified atom stereocenters. The van der Waals surface area contributed by atoms with Gasteiger partial charge in [-0.25, -0.2) is 14.0 Å². The Kier molecular flexibility index (Phi) is 5.43. The van der Waals surface area contributed by atoms with Crippen molar-refractivity contribution in [3.63, 3.8) is 0 Å². The van der Waals surface area contributed by atoms with E-state index in [0.717, 1.165) is 10.5 Å². The zero-order chi connectivity index (χ0) is 18.5. The third kappa shape index (κ3) is 4.34. The standard InChI is InChI=1S/C20H12BrFO4/c21-15-7-3-5-13(11-15)19(23)25-17-9-1-2-10-18(17)26-20(24)14-6-4-8-16(22)12-14/h1-12H. The van der Waals surface area contributed by atoms with Crippen LogP contribution < -0.4 is 9.47 Å². The summed E-state index contributed by atoms with van der Waals surface area (Å²) in [6, 6.07) is 18.1. The molecule has 0 saturated heterocycles. The molecule has 26 heavy (non-hydrogen) atoms. The van der Waals surface area contributed by atoms with Crippen LogP contribution in [0.15, 0.2) is 77.3 Å². The number of ether oxygens (including phenoxy) is 2. The van der Waals surface area contributed by atoms with Crippen LogP contribution in [0, 0.1) is 5.82 Å². The molecule has 0 atom stereocenters. The van der Waals surface area contributed by atoms with E-state index < -0.39 is 17.8 Å². The van der Waals surface area contributed by atoms with Crippen molar-refractivity contribution in [3.05, 3.63) is 94.2 Å². The fraction of sp³-hybridized carbons (Fsp3) is 0. The molecule has 4 nitrogen and oxygen atoms in total. The van der Waals surface area contributed by atoms with E-state index in [-0.39, 0.29) is 17.1 Å². The predicted molar refractivity (Wildman–Crippen MR) is 96.9 cm³/mol. The number of esters is 2. The molecule has 0 heterocycles. The number of hydrogen-bond donors (Lipinski definition) is 0. The maximum absolute atomic E-state index is 13.3. The summed E-state index contributed by atoms with van der Waals surface area (Å²) >= 11 is 3.29. The van der Waals surface area contributed by atoms with Gasteiger partial charge in [-0.1, -0.05) is 40.2 Å². The van der Waals surface area contributed by atoms with Crippen molar-refractivity contribution in [2.75, 3.05) is 0 Å². The molecule has 0 aromatic heterocycles. The molecule has 0 amide bonds. The van der Waals surface area contributed by atoms with E-state index in [1.807, 2.05) is 0 Å². The summed E-state index contributed by atoms with van der Waals surface area (Å²) in [6.45, 7) is 0. The Morgan fingerprint density at radius 3 is 1.81 bits per heavy atom. The third-order valence-electron chi connectivity index (χ3n) is 3.38. The minimum absolute atomic E-state index is 0.0538. The maximum Gasteiger partial charge on any atom is 0.343 e. The van der Waals surface area contributed by atoms with Gasteiger partial charge in [0.2, 0.25) is 0 Å². The van der Waals surface area contributed by atoms with Gasteiger partial charge in [0, 0.05) is 4.47 Å². The summed E-state index contributed by atoms with van der Waals surface area (Å²) in [5.41, 5.74) is 0.392. The topological polar surface area (TPSA) is 52.6 Å². The number of benzene rings is 3. The van der Waals surface area contributed by atoms with Gasteiger partial charge in [-0.05, 0) is 48.5 Å². The molecule has 0 radical (unpaired) electrons. The summed E-state index contributed by atoms with van der Waals surface area (Å²) in [7, 11) is 0. The van der Waals surface area contributed by atoms with Gasteiger partial charge in [0.25, 0.3) is 0 Å². The molecular weight excluding hydrogens is 403 g/mol. The van der Waals surface area contributed by atoms with Crippen molar-refractivity contribution < 1.29 is 23.5 Å². The first-order valence-corrected chi connectivity index (χ1v) is 8.37. The lowest BCUT2D eigenvalue weighted by molar-refractivity contribution is 0.0682. The molecule has 0 aliphatic heterocycles.